The number of amides is 1. The van der Waals surface area contributed by atoms with Crippen LogP contribution in [0.2, 0.25) is 0 Å². The smallest absolute Gasteiger partial charge is 0.274 e. The number of aryl methyl sites for hydroxylation is 1. The molecule has 0 unspecified atom stereocenters. The summed E-state index contributed by atoms with van der Waals surface area (Å²) in [6.07, 6.45) is 1.63. The van der Waals surface area contributed by atoms with Gasteiger partial charge in [-0.3, -0.25) is 4.79 Å². The summed E-state index contributed by atoms with van der Waals surface area (Å²) in [6, 6.07) is 19.5. The van der Waals surface area contributed by atoms with Crippen molar-refractivity contribution in [2.45, 2.75) is 20.4 Å². The van der Waals surface area contributed by atoms with Gasteiger partial charge in [-0.25, -0.2) is 9.97 Å². The Morgan fingerprint density at radius 2 is 1.77 bits per heavy atom. The number of carbonyl (C=O) groups is 1. The van der Waals surface area contributed by atoms with Gasteiger partial charge in [-0.2, -0.15) is 0 Å². The fourth-order valence-electron chi connectivity index (χ4n) is 2.65. The van der Waals surface area contributed by atoms with Crippen molar-refractivity contribution in [3.8, 4) is 0 Å². The Labute approximate surface area is 153 Å². The summed E-state index contributed by atoms with van der Waals surface area (Å²) < 4.78 is 0. The van der Waals surface area contributed by atoms with Gasteiger partial charge in [0.05, 0.1) is 0 Å². The Morgan fingerprint density at radius 3 is 2.50 bits per heavy atom. The first-order chi connectivity index (χ1) is 12.7. The Hall–Kier alpha value is -3.21. The lowest BCUT2D eigenvalue weighted by molar-refractivity contribution is 0.102. The highest BCUT2D eigenvalue weighted by Gasteiger charge is 2.14. The molecular formula is C21H22N4O. The van der Waals surface area contributed by atoms with Crippen LogP contribution in [-0.4, -0.2) is 22.4 Å². The lowest BCUT2D eigenvalue weighted by Crippen LogP contribution is -2.25. The average molecular weight is 346 g/mol. The molecule has 0 radical (unpaired) electrons. The quantitative estimate of drug-likeness (QED) is 0.731. The van der Waals surface area contributed by atoms with Crippen LogP contribution in [0.5, 0.6) is 0 Å². The van der Waals surface area contributed by atoms with Gasteiger partial charge in [0, 0.05) is 25.0 Å². The molecule has 0 aliphatic carbocycles. The molecule has 0 aliphatic rings. The minimum atomic E-state index is -0.237. The molecule has 1 N–H and O–H groups in total. The van der Waals surface area contributed by atoms with E-state index in [2.05, 4.69) is 27.4 Å². The summed E-state index contributed by atoms with van der Waals surface area (Å²) in [5.41, 5.74) is 3.32. The lowest BCUT2D eigenvalue weighted by atomic mass is 10.2. The molecule has 0 fully saturated rings. The highest BCUT2D eigenvalue weighted by atomic mass is 16.1. The van der Waals surface area contributed by atoms with Gasteiger partial charge in [-0.15, -0.1) is 0 Å². The van der Waals surface area contributed by atoms with Crippen molar-refractivity contribution in [2.24, 2.45) is 0 Å². The average Bonchev–Trinajstić information content (AvgIpc) is 2.69. The zero-order chi connectivity index (χ0) is 18.4. The fraction of sp³-hybridized carbons (Fsp3) is 0.190. The maximum absolute atomic E-state index is 12.6. The topological polar surface area (TPSA) is 58.1 Å². The second-order valence-electron chi connectivity index (χ2n) is 6.01. The first kappa shape index (κ1) is 17.6. The molecule has 2 aromatic carbocycles. The van der Waals surface area contributed by atoms with Gasteiger partial charge in [-0.1, -0.05) is 48.5 Å². The number of hydrogen-bond acceptors (Lipinski definition) is 4. The number of carbonyl (C=O) groups excluding carboxylic acids is 1. The molecule has 0 spiro atoms. The van der Waals surface area contributed by atoms with Crippen LogP contribution in [0.4, 0.5) is 11.6 Å². The summed E-state index contributed by atoms with van der Waals surface area (Å²) in [5, 5.41) is 2.91. The molecule has 5 nitrogen and oxygen atoms in total. The van der Waals surface area contributed by atoms with Crippen LogP contribution < -0.4 is 10.2 Å². The predicted molar refractivity (Wildman–Crippen MR) is 104 cm³/mol. The third kappa shape index (κ3) is 4.25. The third-order valence-corrected chi connectivity index (χ3v) is 4.15. The van der Waals surface area contributed by atoms with Crippen LogP contribution in [0.1, 0.15) is 28.5 Å². The first-order valence-corrected chi connectivity index (χ1v) is 8.66. The van der Waals surface area contributed by atoms with Crippen molar-refractivity contribution < 1.29 is 4.79 Å². The Kier molecular flexibility index (Phi) is 5.59. The molecule has 0 atom stereocenters. The van der Waals surface area contributed by atoms with E-state index in [0.29, 0.717) is 18.2 Å². The van der Waals surface area contributed by atoms with Crippen molar-refractivity contribution in [1.29, 1.82) is 0 Å². The molecule has 1 amide bonds. The third-order valence-electron chi connectivity index (χ3n) is 4.15. The maximum Gasteiger partial charge on any atom is 0.274 e. The van der Waals surface area contributed by atoms with Gasteiger partial charge < -0.3 is 10.2 Å². The lowest BCUT2D eigenvalue weighted by Gasteiger charge is -2.21. The molecule has 0 saturated carbocycles. The molecule has 132 valence electrons. The van der Waals surface area contributed by atoms with Gasteiger partial charge in [0.15, 0.2) is 0 Å². The van der Waals surface area contributed by atoms with E-state index >= 15 is 0 Å². The molecule has 3 rings (SSSR count). The van der Waals surface area contributed by atoms with Crippen molar-refractivity contribution in [3.63, 3.8) is 0 Å². The number of anilines is 2. The molecule has 0 bridgehead atoms. The summed E-state index contributed by atoms with van der Waals surface area (Å²) >= 11 is 0. The number of aromatic nitrogens is 2. The van der Waals surface area contributed by atoms with E-state index in [1.54, 1.807) is 12.3 Å². The van der Waals surface area contributed by atoms with Gasteiger partial charge in [0.2, 0.25) is 5.95 Å². The molecule has 0 saturated heterocycles. The van der Waals surface area contributed by atoms with Gasteiger partial charge in [0.1, 0.15) is 5.69 Å². The number of nitrogens with zero attached hydrogens (tertiary/aromatic N) is 3. The minimum absolute atomic E-state index is 0.237. The second-order valence-corrected chi connectivity index (χ2v) is 6.01. The number of nitrogens with one attached hydrogen (secondary N) is 1. The molecule has 5 heteroatoms. The first-order valence-electron chi connectivity index (χ1n) is 8.66. The van der Waals surface area contributed by atoms with Crippen molar-refractivity contribution >= 4 is 17.5 Å². The summed E-state index contributed by atoms with van der Waals surface area (Å²) in [5.74, 6) is 0.313. The molecule has 3 aromatic rings. The molecule has 0 aliphatic heterocycles. The Bertz CT molecular complexity index is 880. The highest BCUT2D eigenvalue weighted by Crippen LogP contribution is 2.16. The largest absolute Gasteiger partial charge is 0.337 e. The van der Waals surface area contributed by atoms with Crippen molar-refractivity contribution in [1.82, 2.24) is 9.97 Å². The number of hydrogen-bond donors (Lipinski definition) is 1. The van der Waals surface area contributed by atoms with Crippen LogP contribution in [0.15, 0.2) is 66.9 Å². The number of rotatable bonds is 6. The Balaban J connectivity index is 1.78. The summed E-state index contributed by atoms with van der Waals surface area (Å²) in [6.45, 7) is 5.45. The van der Waals surface area contributed by atoms with E-state index in [9.17, 15) is 4.79 Å². The SMILES string of the molecule is CCN(Cc1ccccc1)c1nccc(C(=O)Nc2ccccc2C)n1. The van der Waals surface area contributed by atoms with Crippen LogP contribution in [0.25, 0.3) is 0 Å². The molecular weight excluding hydrogens is 324 g/mol. The second kappa shape index (κ2) is 8.25. The summed E-state index contributed by atoms with van der Waals surface area (Å²) in [7, 11) is 0. The monoisotopic (exact) mass is 346 g/mol. The molecule has 26 heavy (non-hydrogen) atoms. The Morgan fingerprint density at radius 1 is 1.04 bits per heavy atom. The zero-order valence-electron chi connectivity index (χ0n) is 15.0. The molecule has 1 aromatic heterocycles. The normalized spacial score (nSPS) is 10.4. The molecule has 1 heterocycles. The van der Waals surface area contributed by atoms with Crippen LogP contribution in [0.3, 0.4) is 0 Å². The fourth-order valence-corrected chi connectivity index (χ4v) is 2.65. The van der Waals surface area contributed by atoms with Crippen molar-refractivity contribution in [3.05, 3.63) is 83.7 Å². The van der Waals surface area contributed by atoms with Crippen LogP contribution in [-0.2, 0) is 6.54 Å². The number of para-hydroxylation sites is 1. The van der Waals surface area contributed by atoms with Crippen LogP contribution >= 0.6 is 0 Å². The zero-order valence-corrected chi connectivity index (χ0v) is 15.0. The summed E-state index contributed by atoms with van der Waals surface area (Å²) in [4.78, 5) is 23.4. The minimum Gasteiger partial charge on any atom is -0.337 e. The van der Waals surface area contributed by atoms with Gasteiger partial charge >= 0.3 is 0 Å². The van der Waals surface area contributed by atoms with E-state index < -0.39 is 0 Å². The maximum atomic E-state index is 12.6. The van der Waals surface area contributed by atoms with E-state index in [1.165, 1.54) is 5.56 Å². The highest BCUT2D eigenvalue weighted by molar-refractivity contribution is 6.03. The standard InChI is InChI=1S/C21H22N4O/c1-3-25(15-17-10-5-4-6-11-17)21-22-14-13-19(24-21)20(26)23-18-12-8-7-9-16(18)2/h4-14H,3,15H2,1-2H3,(H,23,26). The van der Waals surface area contributed by atoms with Crippen LogP contribution in [0, 0.1) is 6.92 Å². The van der Waals surface area contributed by atoms with Crippen molar-refractivity contribution in [2.75, 3.05) is 16.8 Å². The van der Waals surface area contributed by atoms with Gasteiger partial charge in [-0.05, 0) is 37.1 Å². The number of benzene rings is 2. The van der Waals surface area contributed by atoms with E-state index in [0.717, 1.165) is 17.8 Å². The van der Waals surface area contributed by atoms with E-state index in [1.807, 2.05) is 61.2 Å². The van der Waals surface area contributed by atoms with Gasteiger partial charge in [0.25, 0.3) is 5.91 Å². The van der Waals surface area contributed by atoms with E-state index in [4.69, 9.17) is 0 Å². The van der Waals surface area contributed by atoms with E-state index in [-0.39, 0.29) is 5.91 Å². The predicted octanol–water partition coefficient (Wildman–Crippen LogP) is 4.06.